The van der Waals surface area contributed by atoms with Crippen LogP contribution in [0.1, 0.15) is 35.2 Å². The third kappa shape index (κ3) is 5.21. The monoisotopic (exact) mass is 394 g/mol. The van der Waals surface area contributed by atoms with Crippen LogP contribution in [0.4, 0.5) is 13.2 Å². The third-order valence-electron chi connectivity index (χ3n) is 4.27. The average molecular weight is 394 g/mol. The fourth-order valence-corrected chi connectivity index (χ4v) is 2.55. The minimum absolute atomic E-state index is 0.0272. The lowest BCUT2D eigenvalue weighted by atomic mass is 10.1. The number of carbonyl (C=O) groups is 2. The van der Waals surface area contributed by atoms with Crippen LogP contribution in [0.3, 0.4) is 0 Å². The number of nitrogens with zero attached hydrogens (tertiary/aromatic N) is 1. The lowest BCUT2D eigenvalue weighted by Gasteiger charge is -2.14. The van der Waals surface area contributed by atoms with Crippen molar-refractivity contribution in [3.8, 4) is 11.6 Å². The smallest absolute Gasteiger partial charge is 0.417 e. The summed E-state index contributed by atoms with van der Waals surface area (Å²) in [5.74, 6) is -1.01. The van der Waals surface area contributed by atoms with Crippen molar-refractivity contribution in [1.82, 2.24) is 10.3 Å². The molecule has 1 saturated carbocycles. The molecule has 148 valence electrons. The summed E-state index contributed by atoms with van der Waals surface area (Å²) in [5.41, 5.74) is -0.638. The first kappa shape index (κ1) is 19.7. The molecular weight excluding hydrogens is 377 g/mol. The van der Waals surface area contributed by atoms with E-state index in [1.54, 1.807) is 0 Å². The lowest BCUT2D eigenvalue weighted by molar-refractivity contribution is -0.139. The molecule has 2 N–H and O–H groups in total. The van der Waals surface area contributed by atoms with Crippen LogP contribution in [0.15, 0.2) is 42.6 Å². The molecule has 3 rings (SSSR count). The van der Waals surface area contributed by atoms with E-state index < -0.39 is 29.7 Å². The number of ether oxygens (including phenoxy) is 1. The Kier molecular flexibility index (Phi) is 5.53. The number of halogens is 3. The number of hydrogen-bond donors (Lipinski definition) is 2. The van der Waals surface area contributed by atoms with Crippen LogP contribution in [0.2, 0.25) is 0 Å². The number of carboxylic acid groups (broad SMARTS) is 1. The summed E-state index contributed by atoms with van der Waals surface area (Å²) >= 11 is 0. The number of carboxylic acids is 1. The molecule has 2 aromatic rings. The first-order chi connectivity index (χ1) is 13.2. The quantitative estimate of drug-likeness (QED) is 0.744. The van der Waals surface area contributed by atoms with Gasteiger partial charge in [0.2, 0.25) is 5.88 Å². The molecule has 1 unspecified atom stereocenters. The number of aliphatic carboxylic acids is 1. The van der Waals surface area contributed by atoms with E-state index >= 15 is 0 Å². The maximum atomic E-state index is 12.5. The van der Waals surface area contributed by atoms with E-state index in [9.17, 15) is 27.9 Å². The average Bonchev–Trinajstić information content (AvgIpc) is 3.45. The number of benzene rings is 1. The summed E-state index contributed by atoms with van der Waals surface area (Å²) in [6.07, 6.45) is -1.45. The molecule has 1 aliphatic carbocycles. The van der Waals surface area contributed by atoms with Gasteiger partial charge < -0.3 is 15.2 Å². The van der Waals surface area contributed by atoms with E-state index in [1.807, 2.05) is 0 Å². The van der Waals surface area contributed by atoms with Crippen LogP contribution in [0.5, 0.6) is 11.6 Å². The Morgan fingerprint density at radius 1 is 1.18 bits per heavy atom. The number of nitrogens with one attached hydrogen (secondary N) is 1. The number of aromatic nitrogens is 1. The Balaban J connectivity index is 1.61. The first-order valence-electron chi connectivity index (χ1n) is 8.57. The summed E-state index contributed by atoms with van der Waals surface area (Å²) in [5, 5.41) is 11.7. The minimum Gasteiger partial charge on any atom is -0.480 e. The Labute approximate surface area is 158 Å². The largest absolute Gasteiger partial charge is 0.480 e. The van der Waals surface area contributed by atoms with Crippen LogP contribution in [-0.4, -0.2) is 28.0 Å². The van der Waals surface area contributed by atoms with Gasteiger partial charge in [0, 0.05) is 17.8 Å². The van der Waals surface area contributed by atoms with E-state index in [-0.39, 0.29) is 17.2 Å². The van der Waals surface area contributed by atoms with Gasteiger partial charge in [-0.25, -0.2) is 9.78 Å². The zero-order valence-corrected chi connectivity index (χ0v) is 14.6. The summed E-state index contributed by atoms with van der Waals surface area (Å²) in [6, 6.07) is 6.78. The second-order valence-corrected chi connectivity index (χ2v) is 6.55. The van der Waals surface area contributed by atoms with Gasteiger partial charge in [-0.1, -0.05) is 12.8 Å². The molecule has 1 aromatic carbocycles. The van der Waals surface area contributed by atoms with Crippen molar-refractivity contribution in [3.05, 3.63) is 53.7 Å². The minimum atomic E-state index is -4.48. The molecule has 1 fully saturated rings. The number of carbonyl (C=O) groups excluding carboxylic acids is 1. The number of pyridine rings is 1. The van der Waals surface area contributed by atoms with Gasteiger partial charge >= 0.3 is 12.1 Å². The standard InChI is InChI=1S/C19H17F3N2O4/c20-19(21,22)13-5-8-16(23-10-13)28-14-6-3-12(4-7-14)17(25)24-15(18(26)27)9-11-1-2-11/h3-8,10-11,15H,1-2,9H2,(H,24,25)(H,26,27). The molecule has 28 heavy (non-hydrogen) atoms. The molecule has 0 saturated heterocycles. The molecule has 0 radical (unpaired) electrons. The zero-order valence-electron chi connectivity index (χ0n) is 14.6. The van der Waals surface area contributed by atoms with Gasteiger partial charge in [0.05, 0.1) is 5.56 Å². The molecular formula is C19H17F3N2O4. The molecule has 1 aliphatic rings. The van der Waals surface area contributed by atoms with Gasteiger partial charge in [0.1, 0.15) is 11.8 Å². The molecule has 6 nitrogen and oxygen atoms in total. The van der Waals surface area contributed by atoms with Crippen molar-refractivity contribution in [2.75, 3.05) is 0 Å². The second-order valence-electron chi connectivity index (χ2n) is 6.55. The van der Waals surface area contributed by atoms with Crippen molar-refractivity contribution in [3.63, 3.8) is 0 Å². The molecule has 0 bridgehead atoms. The molecule has 0 aliphatic heterocycles. The highest BCUT2D eigenvalue weighted by molar-refractivity contribution is 5.96. The first-order valence-corrected chi connectivity index (χ1v) is 8.57. The highest BCUT2D eigenvalue weighted by Gasteiger charge is 2.31. The maximum Gasteiger partial charge on any atom is 0.417 e. The van der Waals surface area contributed by atoms with Crippen LogP contribution in [0.25, 0.3) is 0 Å². The van der Waals surface area contributed by atoms with Gasteiger partial charge in [-0.3, -0.25) is 4.79 Å². The summed E-state index contributed by atoms with van der Waals surface area (Å²) < 4.78 is 42.9. The van der Waals surface area contributed by atoms with Crippen molar-refractivity contribution in [2.45, 2.75) is 31.5 Å². The zero-order chi connectivity index (χ0) is 20.3. The Morgan fingerprint density at radius 2 is 1.86 bits per heavy atom. The van der Waals surface area contributed by atoms with Gasteiger partial charge in [-0.15, -0.1) is 0 Å². The predicted molar refractivity (Wildman–Crippen MR) is 92.0 cm³/mol. The highest BCUT2D eigenvalue weighted by Crippen LogP contribution is 2.33. The summed E-state index contributed by atoms with van der Waals surface area (Å²) in [4.78, 5) is 27.1. The Morgan fingerprint density at radius 3 is 2.36 bits per heavy atom. The van der Waals surface area contributed by atoms with E-state index in [2.05, 4.69) is 10.3 Å². The third-order valence-corrected chi connectivity index (χ3v) is 4.27. The van der Waals surface area contributed by atoms with Gasteiger partial charge in [-0.2, -0.15) is 13.2 Å². The highest BCUT2D eigenvalue weighted by atomic mass is 19.4. The number of hydrogen-bond acceptors (Lipinski definition) is 4. The van der Waals surface area contributed by atoms with E-state index in [0.717, 1.165) is 25.0 Å². The van der Waals surface area contributed by atoms with Crippen molar-refractivity contribution in [1.29, 1.82) is 0 Å². The molecule has 1 amide bonds. The maximum absolute atomic E-state index is 12.5. The van der Waals surface area contributed by atoms with Crippen LogP contribution >= 0.6 is 0 Å². The van der Waals surface area contributed by atoms with Crippen molar-refractivity contribution >= 4 is 11.9 Å². The normalized spacial score (nSPS) is 15.0. The van der Waals surface area contributed by atoms with E-state index in [0.29, 0.717) is 18.5 Å². The van der Waals surface area contributed by atoms with E-state index in [1.165, 1.54) is 24.3 Å². The van der Waals surface area contributed by atoms with Crippen LogP contribution in [0, 0.1) is 5.92 Å². The van der Waals surface area contributed by atoms with Gasteiger partial charge in [0.25, 0.3) is 5.91 Å². The molecule has 0 spiro atoms. The molecule has 1 aromatic heterocycles. The number of alkyl halides is 3. The van der Waals surface area contributed by atoms with Crippen molar-refractivity contribution in [2.24, 2.45) is 5.92 Å². The van der Waals surface area contributed by atoms with Crippen LogP contribution in [-0.2, 0) is 11.0 Å². The molecule has 9 heteroatoms. The SMILES string of the molecule is O=C(NC(CC1CC1)C(=O)O)c1ccc(Oc2ccc(C(F)(F)F)cn2)cc1. The number of rotatable bonds is 7. The predicted octanol–water partition coefficient (Wildman–Crippen LogP) is 3.88. The number of amides is 1. The Bertz CT molecular complexity index is 847. The van der Waals surface area contributed by atoms with Gasteiger partial charge in [-0.05, 0) is 42.7 Å². The second kappa shape index (κ2) is 7.87. The van der Waals surface area contributed by atoms with Crippen molar-refractivity contribution < 1.29 is 32.6 Å². The summed E-state index contributed by atoms with van der Waals surface area (Å²) in [7, 11) is 0. The fraction of sp³-hybridized carbons (Fsp3) is 0.316. The summed E-state index contributed by atoms with van der Waals surface area (Å²) in [6.45, 7) is 0. The molecule has 1 atom stereocenters. The van der Waals surface area contributed by atoms with Gasteiger partial charge in [0.15, 0.2) is 0 Å². The Hall–Kier alpha value is -3.10. The molecule has 1 heterocycles. The topological polar surface area (TPSA) is 88.5 Å². The van der Waals surface area contributed by atoms with E-state index in [4.69, 9.17) is 4.74 Å². The lowest BCUT2D eigenvalue weighted by Crippen LogP contribution is -2.41. The fourth-order valence-electron chi connectivity index (χ4n) is 2.55. The van der Waals surface area contributed by atoms with Crippen LogP contribution < -0.4 is 10.1 Å².